The second-order valence-corrected chi connectivity index (χ2v) is 4.00. The Balaban J connectivity index is 2.20. The van der Waals surface area contributed by atoms with Crippen molar-refractivity contribution < 1.29 is 9.90 Å². The van der Waals surface area contributed by atoms with E-state index in [9.17, 15) is 9.90 Å². The second kappa shape index (κ2) is 4.88. The minimum Gasteiger partial charge on any atom is -0.389 e. The summed E-state index contributed by atoms with van der Waals surface area (Å²) in [5.41, 5.74) is -0.872. The molecule has 6 nitrogen and oxygen atoms in total. The van der Waals surface area contributed by atoms with Crippen molar-refractivity contribution >= 4 is 5.91 Å². The first kappa shape index (κ1) is 11.6. The smallest absolute Gasteiger partial charge is 0.221 e. The molecule has 0 fully saturated rings. The van der Waals surface area contributed by atoms with E-state index in [-0.39, 0.29) is 12.5 Å². The predicted octanol–water partition coefficient (Wildman–Crippen LogP) is -0.445. The number of aromatic nitrogens is 3. The molecule has 0 aliphatic carbocycles. The zero-order chi connectivity index (χ0) is 11.3. The predicted molar refractivity (Wildman–Crippen MR) is 53.9 cm³/mol. The van der Waals surface area contributed by atoms with Crippen LogP contribution in [0.2, 0.25) is 0 Å². The van der Waals surface area contributed by atoms with E-state index in [1.807, 2.05) is 0 Å². The van der Waals surface area contributed by atoms with Crippen molar-refractivity contribution in [3.05, 3.63) is 12.7 Å². The first-order valence-corrected chi connectivity index (χ1v) is 4.79. The summed E-state index contributed by atoms with van der Waals surface area (Å²) in [7, 11) is 0. The molecule has 0 bridgehead atoms. The number of carbonyl (C=O) groups excluding carboxylic acids is 1. The number of aryl methyl sites for hydroxylation is 1. The van der Waals surface area contributed by atoms with Gasteiger partial charge in [0.15, 0.2) is 0 Å². The third-order valence-corrected chi connectivity index (χ3v) is 1.75. The molecule has 0 unspecified atom stereocenters. The van der Waals surface area contributed by atoms with Crippen molar-refractivity contribution in [1.29, 1.82) is 0 Å². The minimum absolute atomic E-state index is 0.104. The van der Waals surface area contributed by atoms with Crippen molar-refractivity contribution in [3.8, 4) is 0 Å². The molecule has 0 spiro atoms. The van der Waals surface area contributed by atoms with Gasteiger partial charge in [-0.05, 0) is 13.8 Å². The molecule has 0 aliphatic heterocycles. The highest BCUT2D eigenvalue weighted by molar-refractivity contribution is 5.75. The van der Waals surface area contributed by atoms with Crippen molar-refractivity contribution in [3.63, 3.8) is 0 Å². The summed E-state index contributed by atoms with van der Waals surface area (Å²) in [5, 5.41) is 15.9. The molecule has 6 heteroatoms. The van der Waals surface area contributed by atoms with Crippen LogP contribution in [0.5, 0.6) is 0 Å². The molecule has 1 heterocycles. The maximum atomic E-state index is 11.3. The van der Waals surface area contributed by atoms with Crippen LogP contribution in [0.1, 0.15) is 20.3 Å². The molecule has 1 aromatic rings. The molecule has 0 saturated carbocycles. The first-order chi connectivity index (χ1) is 6.97. The summed E-state index contributed by atoms with van der Waals surface area (Å²) >= 11 is 0. The number of hydrogen-bond acceptors (Lipinski definition) is 4. The number of rotatable bonds is 5. The van der Waals surface area contributed by atoms with Gasteiger partial charge in [-0.2, -0.15) is 5.10 Å². The lowest BCUT2D eigenvalue weighted by molar-refractivity contribution is -0.122. The second-order valence-electron chi connectivity index (χ2n) is 4.00. The highest BCUT2D eigenvalue weighted by Gasteiger charge is 2.13. The Kier molecular flexibility index (Phi) is 3.79. The molecule has 15 heavy (non-hydrogen) atoms. The van der Waals surface area contributed by atoms with Gasteiger partial charge in [-0.15, -0.1) is 0 Å². The van der Waals surface area contributed by atoms with Crippen LogP contribution in [0.3, 0.4) is 0 Å². The molecule has 0 radical (unpaired) electrons. The zero-order valence-electron chi connectivity index (χ0n) is 8.97. The molecular formula is C9H16N4O2. The number of amides is 1. The summed E-state index contributed by atoms with van der Waals surface area (Å²) in [6.07, 6.45) is 3.32. The van der Waals surface area contributed by atoms with Crippen LogP contribution in [-0.2, 0) is 11.3 Å². The average Bonchev–Trinajstić information content (AvgIpc) is 2.62. The van der Waals surface area contributed by atoms with Crippen LogP contribution in [-0.4, -0.2) is 37.9 Å². The van der Waals surface area contributed by atoms with E-state index in [1.54, 1.807) is 24.9 Å². The van der Waals surface area contributed by atoms with Crippen LogP contribution in [0.25, 0.3) is 0 Å². The van der Waals surface area contributed by atoms with E-state index in [4.69, 9.17) is 0 Å². The summed E-state index contributed by atoms with van der Waals surface area (Å²) in [6, 6.07) is 0. The number of carbonyl (C=O) groups is 1. The molecule has 0 atom stereocenters. The Morgan fingerprint density at radius 3 is 2.87 bits per heavy atom. The molecule has 1 rings (SSSR count). The molecule has 0 aliphatic rings. The molecule has 1 amide bonds. The van der Waals surface area contributed by atoms with Gasteiger partial charge < -0.3 is 10.4 Å². The normalized spacial score (nSPS) is 11.4. The van der Waals surface area contributed by atoms with Crippen molar-refractivity contribution in [2.45, 2.75) is 32.4 Å². The Morgan fingerprint density at radius 1 is 1.60 bits per heavy atom. The van der Waals surface area contributed by atoms with Crippen molar-refractivity contribution in [1.82, 2.24) is 20.1 Å². The van der Waals surface area contributed by atoms with E-state index in [0.717, 1.165) is 0 Å². The van der Waals surface area contributed by atoms with Crippen LogP contribution in [0.4, 0.5) is 0 Å². The lowest BCUT2D eigenvalue weighted by atomic mass is 10.1. The maximum absolute atomic E-state index is 11.3. The van der Waals surface area contributed by atoms with Gasteiger partial charge in [0, 0.05) is 13.0 Å². The fraction of sp³-hybridized carbons (Fsp3) is 0.667. The molecule has 1 aromatic heterocycles. The minimum atomic E-state index is -0.872. The summed E-state index contributed by atoms with van der Waals surface area (Å²) in [4.78, 5) is 15.1. The maximum Gasteiger partial charge on any atom is 0.221 e. The van der Waals surface area contributed by atoms with Crippen LogP contribution < -0.4 is 5.32 Å². The van der Waals surface area contributed by atoms with Gasteiger partial charge in [-0.1, -0.05) is 0 Å². The van der Waals surface area contributed by atoms with Gasteiger partial charge in [-0.25, -0.2) is 4.98 Å². The average molecular weight is 212 g/mol. The fourth-order valence-electron chi connectivity index (χ4n) is 0.968. The quantitative estimate of drug-likeness (QED) is 0.693. The zero-order valence-corrected chi connectivity index (χ0v) is 8.97. The van der Waals surface area contributed by atoms with Crippen molar-refractivity contribution in [2.75, 3.05) is 6.54 Å². The Labute approximate surface area is 88.3 Å². The third kappa shape index (κ3) is 5.11. The SMILES string of the molecule is CC(C)(O)CNC(=O)CCn1cncn1. The summed E-state index contributed by atoms with van der Waals surface area (Å²) < 4.78 is 1.59. The van der Waals surface area contributed by atoms with Gasteiger partial charge in [0.1, 0.15) is 12.7 Å². The lowest BCUT2D eigenvalue weighted by Crippen LogP contribution is -2.38. The summed E-state index contributed by atoms with van der Waals surface area (Å²) in [5.74, 6) is -0.104. The van der Waals surface area contributed by atoms with Crippen LogP contribution in [0, 0.1) is 0 Å². The monoisotopic (exact) mass is 212 g/mol. The number of nitrogens with zero attached hydrogens (tertiary/aromatic N) is 3. The highest BCUT2D eigenvalue weighted by Crippen LogP contribution is 1.97. The van der Waals surface area contributed by atoms with Gasteiger partial charge in [0.05, 0.1) is 12.1 Å². The molecule has 84 valence electrons. The number of hydrogen-bond donors (Lipinski definition) is 2. The molecular weight excluding hydrogens is 196 g/mol. The van der Waals surface area contributed by atoms with E-state index < -0.39 is 5.60 Å². The van der Waals surface area contributed by atoms with Gasteiger partial charge in [0.2, 0.25) is 5.91 Å². The summed E-state index contributed by atoms with van der Waals surface area (Å²) in [6.45, 7) is 4.04. The third-order valence-electron chi connectivity index (χ3n) is 1.75. The van der Waals surface area contributed by atoms with E-state index in [1.165, 1.54) is 6.33 Å². The van der Waals surface area contributed by atoms with Crippen LogP contribution in [0.15, 0.2) is 12.7 Å². The fourth-order valence-corrected chi connectivity index (χ4v) is 0.968. The molecule has 2 N–H and O–H groups in total. The lowest BCUT2D eigenvalue weighted by Gasteiger charge is -2.17. The van der Waals surface area contributed by atoms with E-state index in [2.05, 4.69) is 15.4 Å². The molecule has 0 aromatic carbocycles. The van der Waals surface area contributed by atoms with Crippen LogP contribution >= 0.6 is 0 Å². The van der Waals surface area contributed by atoms with E-state index >= 15 is 0 Å². The van der Waals surface area contributed by atoms with E-state index in [0.29, 0.717) is 13.0 Å². The topological polar surface area (TPSA) is 80.0 Å². The van der Waals surface area contributed by atoms with Gasteiger partial charge >= 0.3 is 0 Å². The Bertz CT molecular complexity index is 302. The first-order valence-electron chi connectivity index (χ1n) is 4.79. The number of aliphatic hydroxyl groups is 1. The largest absolute Gasteiger partial charge is 0.389 e. The standard InChI is InChI=1S/C9H16N4O2/c1-9(2,15)5-11-8(14)3-4-13-7-10-6-12-13/h6-7,15H,3-5H2,1-2H3,(H,11,14). The number of nitrogens with one attached hydrogen (secondary N) is 1. The highest BCUT2D eigenvalue weighted by atomic mass is 16.3. The molecule has 0 saturated heterocycles. The van der Waals surface area contributed by atoms with Gasteiger partial charge in [-0.3, -0.25) is 9.48 Å². The Morgan fingerprint density at radius 2 is 2.33 bits per heavy atom. The van der Waals surface area contributed by atoms with Crippen molar-refractivity contribution in [2.24, 2.45) is 0 Å². The van der Waals surface area contributed by atoms with Gasteiger partial charge in [0.25, 0.3) is 0 Å². The Hall–Kier alpha value is -1.43.